The summed E-state index contributed by atoms with van der Waals surface area (Å²) in [5.41, 5.74) is 0.0606. The lowest BCUT2D eigenvalue weighted by molar-refractivity contribution is -0.0109. The Balaban J connectivity index is 2.53. The Kier molecular flexibility index (Phi) is 1.14. The molecule has 0 spiro atoms. The molecule has 2 nitrogen and oxygen atoms in total. The van der Waals surface area contributed by atoms with Crippen molar-refractivity contribution in [1.29, 1.82) is 5.26 Å². The van der Waals surface area contributed by atoms with Gasteiger partial charge in [-0.05, 0) is 19.4 Å². The largest absolute Gasteiger partial charge is 0.355 e. The van der Waals surface area contributed by atoms with Gasteiger partial charge in [-0.15, -0.1) is 0 Å². The molecule has 3 atom stereocenters. The molecule has 3 unspecified atom stereocenters. The van der Waals surface area contributed by atoms with E-state index < -0.39 is 11.2 Å². The molecule has 1 saturated heterocycles. The monoisotopic (exact) mass is 161 g/mol. The Bertz CT molecular complexity index is 325. The zero-order valence-corrected chi connectivity index (χ0v) is 7.29. The van der Waals surface area contributed by atoms with E-state index in [1.807, 2.05) is 26.0 Å². The topological polar surface area (TPSA) is 33.0 Å². The first-order valence-corrected chi connectivity index (χ1v) is 4.01. The zero-order valence-electron chi connectivity index (χ0n) is 7.29. The molecule has 2 heteroatoms. The number of rotatable bonds is 0. The maximum Gasteiger partial charge on any atom is 0.107 e. The van der Waals surface area contributed by atoms with Crippen molar-refractivity contribution >= 4 is 0 Å². The maximum atomic E-state index is 8.91. The molecule has 0 radical (unpaired) electrons. The Hall–Kier alpha value is -1.07. The minimum atomic E-state index is -0.430. The molecule has 1 fully saturated rings. The average Bonchev–Trinajstić information content (AvgIpc) is 2.38. The highest BCUT2D eigenvalue weighted by Crippen LogP contribution is 2.51. The van der Waals surface area contributed by atoms with Crippen LogP contribution in [-0.2, 0) is 4.74 Å². The summed E-state index contributed by atoms with van der Waals surface area (Å²) in [4.78, 5) is 0. The van der Waals surface area contributed by atoms with Gasteiger partial charge in [0.25, 0.3) is 0 Å². The molecule has 2 aliphatic rings. The predicted molar refractivity (Wildman–Crippen MR) is 45.3 cm³/mol. The molecular formula is C10H11NO. The molecule has 12 heavy (non-hydrogen) atoms. The zero-order chi connectivity index (χ0) is 8.98. The highest BCUT2D eigenvalue weighted by Gasteiger charge is 2.56. The summed E-state index contributed by atoms with van der Waals surface area (Å²) in [7, 11) is 0. The van der Waals surface area contributed by atoms with E-state index in [1.54, 1.807) is 0 Å². The molecule has 0 aliphatic carbocycles. The van der Waals surface area contributed by atoms with Crippen molar-refractivity contribution in [3.8, 4) is 6.07 Å². The van der Waals surface area contributed by atoms with E-state index in [0.29, 0.717) is 0 Å². The van der Waals surface area contributed by atoms with Crippen LogP contribution in [0.25, 0.3) is 0 Å². The van der Waals surface area contributed by atoms with E-state index in [1.165, 1.54) is 0 Å². The van der Waals surface area contributed by atoms with E-state index in [2.05, 4.69) is 12.6 Å². The fourth-order valence-electron chi connectivity index (χ4n) is 2.02. The standard InChI is InChI=1S/C10H11NO/c1-7-8(6-11)10(3)5-4-9(7,2)12-10/h4-5,8H,1H2,2-3H3. The summed E-state index contributed by atoms with van der Waals surface area (Å²) < 4.78 is 5.73. The van der Waals surface area contributed by atoms with Crippen molar-refractivity contribution in [2.24, 2.45) is 5.92 Å². The van der Waals surface area contributed by atoms with Crippen LogP contribution in [0.4, 0.5) is 0 Å². The minimum Gasteiger partial charge on any atom is -0.355 e. The van der Waals surface area contributed by atoms with Crippen molar-refractivity contribution in [2.45, 2.75) is 25.0 Å². The molecule has 62 valence electrons. The van der Waals surface area contributed by atoms with Crippen molar-refractivity contribution in [3.63, 3.8) is 0 Å². The molecule has 0 saturated carbocycles. The molecular weight excluding hydrogens is 150 g/mol. The van der Waals surface area contributed by atoms with E-state index in [0.717, 1.165) is 5.57 Å². The van der Waals surface area contributed by atoms with Crippen LogP contribution < -0.4 is 0 Å². The number of fused-ring (bicyclic) bond motifs is 2. The second kappa shape index (κ2) is 1.81. The second-order valence-electron chi connectivity index (χ2n) is 3.81. The molecule has 2 heterocycles. The van der Waals surface area contributed by atoms with Gasteiger partial charge in [-0.3, -0.25) is 0 Å². The SMILES string of the molecule is C=C1C(C#N)C2(C)C=CC1(C)O2. The Labute approximate surface area is 72.1 Å². The number of ether oxygens (including phenoxy) is 1. The lowest BCUT2D eigenvalue weighted by atomic mass is 9.78. The van der Waals surface area contributed by atoms with Crippen LogP contribution in [0.3, 0.4) is 0 Å². The van der Waals surface area contributed by atoms with Crippen LogP contribution in [0, 0.1) is 17.2 Å². The van der Waals surface area contributed by atoms with Gasteiger partial charge in [0.2, 0.25) is 0 Å². The lowest BCUT2D eigenvalue weighted by Gasteiger charge is -2.20. The van der Waals surface area contributed by atoms with Gasteiger partial charge in [-0.2, -0.15) is 5.26 Å². The molecule has 2 aliphatic heterocycles. The summed E-state index contributed by atoms with van der Waals surface area (Å²) in [5, 5.41) is 8.91. The Morgan fingerprint density at radius 2 is 2.25 bits per heavy atom. The van der Waals surface area contributed by atoms with E-state index in [4.69, 9.17) is 10.00 Å². The number of hydrogen-bond acceptors (Lipinski definition) is 2. The van der Waals surface area contributed by atoms with Crippen LogP contribution in [0.2, 0.25) is 0 Å². The van der Waals surface area contributed by atoms with Gasteiger partial charge in [0.15, 0.2) is 0 Å². The number of nitriles is 1. The summed E-state index contributed by atoms with van der Waals surface area (Å²) in [6.07, 6.45) is 3.96. The van der Waals surface area contributed by atoms with Gasteiger partial charge in [0, 0.05) is 0 Å². The van der Waals surface area contributed by atoms with Crippen LogP contribution in [0.1, 0.15) is 13.8 Å². The fraction of sp³-hybridized carbons (Fsp3) is 0.500. The third-order valence-electron chi connectivity index (χ3n) is 2.85. The van der Waals surface area contributed by atoms with Gasteiger partial charge < -0.3 is 4.74 Å². The lowest BCUT2D eigenvalue weighted by Crippen LogP contribution is -2.27. The predicted octanol–water partition coefficient (Wildman–Crippen LogP) is 1.80. The van der Waals surface area contributed by atoms with Gasteiger partial charge in [-0.25, -0.2) is 0 Å². The number of hydrogen-bond donors (Lipinski definition) is 0. The van der Waals surface area contributed by atoms with E-state index in [-0.39, 0.29) is 5.92 Å². The van der Waals surface area contributed by atoms with E-state index in [9.17, 15) is 0 Å². The third-order valence-corrected chi connectivity index (χ3v) is 2.85. The smallest absolute Gasteiger partial charge is 0.107 e. The van der Waals surface area contributed by atoms with Crippen LogP contribution in [0.5, 0.6) is 0 Å². The van der Waals surface area contributed by atoms with Gasteiger partial charge in [-0.1, -0.05) is 18.7 Å². The highest BCUT2D eigenvalue weighted by molar-refractivity contribution is 5.43. The first kappa shape index (κ1) is 7.57. The maximum absolute atomic E-state index is 8.91. The van der Waals surface area contributed by atoms with Crippen molar-refractivity contribution in [2.75, 3.05) is 0 Å². The third kappa shape index (κ3) is 0.627. The molecule has 0 N–H and O–H groups in total. The van der Waals surface area contributed by atoms with Crippen molar-refractivity contribution < 1.29 is 4.74 Å². The normalized spacial score (nSPS) is 49.8. The van der Waals surface area contributed by atoms with Gasteiger partial charge in [0.05, 0.1) is 6.07 Å². The molecule has 2 bridgehead atoms. The quantitative estimate of drug-likeness (QED) is 0.507. The molecule has 0 aromatic heterocycles. The Morgan fingerprint density at radius 3 is 2.58 bits per heavy atom. The average molecular weight is 161 g/mol. The minimum absolute atomic E-state index is 0.188. The second-order valence-corrected chi connectivity index (χ2v) is 3.81. The van der Waals surface area contributed by atoms with Crippen molar-refractivity contribution in [3.05, 3.63) is 24.3 Å². The first-order chi connectivity index (χ1) is 5.52. The summed E-state index contributed by atoms with van der Waals surface area (Å²) in [5.74, 6) is -0.188. The molecule has 0 amide bonds. The molecule has 2 rings (SSSR count). The van der Waals surface area contributed by atoms with Crippen LogP contribution >= 0.6 is 0 Å². The van der Waals surface area contributed by atoms with Gasteiger partial charge in [0.1, 0.15) is 17.1 Å². The summed E-state index contributed by atoms with van der Waals surface area (Å²) in [6, 6.07) is 2.24. The fourth-order valence-corrected chi connectivity index (χ4v) is 2.02. The highest BCUT2D eigenvalue weighted by atomic mass is 16.5. The van der Waals surface area contributed by atoms with Crippen molar-refractivity contribution in [1.82, 2.24) is 0 Å². The molecule has 0 aromatic carbocycles. The Morgan fingerprint density at radius 1 is 1.58 bits per heavy atom. The number of nitrogens with zero attached hydrogens (tertiary/aromatic N) is 1. The van der Waals surface area contributed by atoms with E-state index >= 15 is 0 Å². The summed E-state index contributed by atoms with van der Waals surface area (Å²) >= 11 is 0. The molecule has 0 aromatic rings. The van der Waals surface area contributed by atoms with Crippen LogP contribution in [0.15, 0.2) is 24.3 Å². The van der Waals surface area contributed by atoms with Gasteiger partial charge >= 0.3 is 0 Å². The van der Waals surface area contributed by atoms with Crippen LogP contribution in [-0.4, -0.2) is 11.2 Å². The first-order valence-electron chi connectivity index (χ1n) is 4.01. The summed E-state index contributed by atoms with van der Waals surface area (Å²) in [6.45, 7) is 7.79.